The average molecular weight is 339 g/mol. The van der Waals surface area contributed by atoms with Crippen LogP contribution in [0.25, 0.3) is 0 Å². The van der Waals surface area contributed by atoms with E-state index in [1.54, 1.807) is 0 Å². The fraction of sp³-hybridized carbons (Fsp3) is 0.538. The highest BCUT2D eigenvalue weighted by Crippen LogP contribution is 2.47. The van der Waals surface area contributed by atoms with Crippen molar-refractivity contribution in [3.05, 3.63) is 24.3 Å². The largest absolute Gasteiger partial charge is 0.573 e. The molecule has 1 fully saturated rings. The molecule has 2 atom stereocenters. The first-order chi connectivity index (χ1) is 8.68. The third-order valence-electron chi connectivity index (χ3n) is 3.39. The lowest BCUT2D eigenvalue weighted by atomic mass is 9.69. The smallest absolute Gasteiger partial charge is 0.490 e. The van der Waals surface area contributed by atoms with Crippen molar-refractivity contribution in [3.8, 4) is 11.5 Å². The molecule has 1 aromatic rings. The Kier molecular flexibility index (Phi) is 3.73. The Morgan fingerprint density at radius 2 is 1.68 bits per heavy atom. The maximum atomic E-state index is 12.0. The predicted octanol–water partition coefficient (Wildman–Crippen LogP) is 4.53. The predicted molar refractivity (Wildman–Crippen MR) is 68.7 cm³/mol. The first kappa shape index (κ1) is 14.5. The molecule has 0 N–H and O–H groups in total. The van der Waals surface area contributed by atoms with Crippen molar-refractivity contribution in [2.45, 2.75) is 37.6 Å². The minimum atomic E-state index is -4.67. The second-order valence-corrected chi connectivity index (χ2v) is 6.26. The summed E-state index contributed by atoms with van der Waals surface area (Å²) in [6, 6.07) is 5.47. The van der Waals surface area contributed by atoms with Gasteiger partial charge in [0.15, 0.2) is 0 Å². The first-order valence-electron chi connectivity index (χ1n) is 5.85. The molecule has 2 rings (SSSR count). The Balaban J connectivity index is 1.96. The zero-order chi connectivity index (χ0) is 14.3. The van der Waals surface area contributed by atoms with Crippen molar-refractivity contribution in [1.29, 1.82) is 0 Å². The molecule has 0 amide bonds. The van der Waals surface area contributed by atoms with Crippen LogP contribution in [0, 0.1) is 5.41 Å². The SMILES string of the molecule is CC1(C)C(Br)CC1Oc1ccc(OC(F)(F)F)cc1. The van der Waals surface area contributed by atoms with Crippen molar-refractivity contribution in [2.24, 2.45) is 5.41 Å². The van der Waals surface area contributed by atoms with Gasteiger partial charge in [-0.25, -0.2) is 0 Å². The number of rotatable bonds is 3. The average Bonchev–Trinajstić information content (AvgIpc) is 2.29. The maximum absolute atomic E-state index is 12.0. The van der Waals surface area contributed by atoms with Gasteiger partial charge in [0.1, 0.15) is 17.6 Å². The van der Waals surface area contributed by atoms with E-state index in [0.29, 0.717) is 10.6 Å². The van der Waals surface area contributed by atoms with Gasteiger partial charge in [0.05, 0.1) is 0 Å². The molecule has 0 bridgehead atoms. The Morgan fingerprint density at radius 1 is 1.16 bits per heavy atom. The minimum Gasteiger partial charge on any atom is -0.490 e. The van der Waals surface area contributed by atoms with E-state index in [4.69, 9.17) is 4.74 Å². The van der Waals surface area contributed by atoms with Crippen LogP contribution in [0.1, 0.15) is 20.3 Å². The number of hydrogen-bond donors (Lipinski definition) is 0. The van der Waals surface area contributed by atoms with Crippen LogP contribution in [0.15, 0.2) is 24.3 Å². The summed E-state index contributed by atoms with van der Waals surface area (Å²) in [5.41, 5.74) is 0.0150. The van der Waals surface area contributed by atoms with Crippen molar-refractivity contribution in [1.82, 2.24) is 0 Å². The summed E-state index contributed by atoms with van der Waals surface area (Å²) in [6.07, 6.45) is -3.72. The van der Waals surface area contributed by atoms with Gasteiger partial charge in [0.2, 0.25) is 0 Å². The molecule has 1 aliphatic rings. The molecule has 0 radical (unpaired) electrons. The van der Waals surface area contributed by atoms with Crippen molar-refractivity contribution in [3.63, 3.8) is 0 Å². The van der Waals surface area contributed by atoms with E-state index >= 15 is 0 Å². The Hall–Kier alpha value is -0.910. The number of ether oxygens (including phenoxy) is 2. The molecule has 2 unspecified atom stereocenters. The van der Waals surface area contributed by atoms with Gasteiger partial charge in [-0.05, 0) is 30.7 Å². The summed E-state index contributed by atoms with van der Waals surface area (Å²) in [6.45, 7) is 4.17. The van der Waals surface area contributed by atoms with E-state index in [1.165, 1.54) is 24.3 Å². The molecule has 0 heterocycles. The van der Waals surface area contributed by atoms with Gasteiger partial charge in [0, 0.05) is 10.2 Å². The van der Waals surface area contributed by atoms with E-state index in [0.717, 1.165) is 6.42 Å². The lowest BCUT2D eigenvalue weighted by Crippen LogP contribution is -2.53. The molecule has 0 aromatic heterocycles. The molecule has 106 valence electrons. The van der Waals surface area contributed by atoms with Crippen molar-refractivity contribution in [2.75, 3.05) is 0 Å². The van der Waals surface area contributed by atoms with Gasteiger partial charge < -0.3 is 9.47 Å². The first-order valence-corrected chi connectivity index (χ1v) is 6.76. The van der Waals surface area contributed by atoms with E-state index < -0.39 is 6.36 Å². The van der Waals surface area contributed by atoms with Crippen LogP contribution in [0.3, 0.4) is 0 Å². The van der Waals surface area contributed by atoms with Crippen LogP contribution in [0.2, 0.25) is 0 Å². The molecule has 1 saturated carbocycles. The fourth-order valence-corrected chi connectivity index (χ4v) is 2.56. The second kappa shape index (κ2) is 4.89. The summed E-state index contributed by atoms with van der Waals surface area (Å²) in [7, 11) is 0. The molecule has 0 spiro atoms. The molecule has 1 aliphatic carbocycles. The highest BCUT2D eigenvalue weighted by atomic mass is 79.9. The van der Waals surface area contributed by atoms with Crippen LogP contribution >= 0.6 is 15.9 Å². The topological polar surface area (TPSA) is 18.5 Å². The normalized spacial score (nSPS) is 25.6. The van der Waals surface area contributed by atoms with E-state index in [1.807, 2.05) is 0 Å². The summed E-state index contributed by atoms with van der Waals surface area (Å²) in [5.74, 6) is 0.304. The standard InChI is InChI=1S/C13H14BrF3O2/c1-12(2)10(14)7-11(12)18-8-3-5-9(6-4-8)19-13(15,16)17/h3-6,10-11H,7H2,1-2H3. The van der Waals surface area contributed by atoms with E-state index in [9.17, 15) is 13.2 Å². The van der Waals surface area contributed by atoms with Gasteiger partial charge in [-0.3, -0.25) is 0 Å². The Morgan fingerprint density at radius 3 is 2.11 bits per heavy atom. The third-order valence-corrected chi connectivity index (χ3v) is 4.95. The molecular weight excluding hydrogens is 325 g/mol. The zero-order valence-electron chi connectivity index (χ0n) is 10.5. The van der Waals surface area contributed by atoms with Crippen LogP contribution in [-0.4, -0.2) is 17.3 Å². The van der Waals surface area contributed by atoms with Gasteiger partial charge >= 0.3 is 6.36 Å². The molecular formula is C13H14BrF3O2. The van der Waals surface area contributed by atoms with E-state index in [2.05, 4.69) is 34.5 Å². The molecule has 1 aromatic carbocycles. The lowest BCUT2D eigenvalue weighted by molar-refractivity contribution is -0.274. The number of hydrogen-bond acceptors (Lipinski definition) is 2. The van der Waals surface area contributed by atoms with Gasteiger partial charge in [-0.15, -0.1) is 13.2 Å². The number of alkyl halides is 4. The summed E-state index contributed by atoms with van der Waals surface area (Å²) < 4.78 is 45.6. The van der Waals surface area contributed by atoms with Gasteiger partial charge in [-0.2, -0.15) is 0 Å². The molecule has 19 heavy (non-hydrogen) atoms. The minimum absolute atomic E-state index is 0.0150. The quantitative estimate of drug-likeness (QED) is 0.754. The van der Waals surface area contributed by atoms with Gasteiger partial charge in [-0.1, -0.05) is 29.8 Å². The van der Waals surface area contributed by atoms with Crippen LogP contribution in [0.5, 0.6) is 11.5 Å². The molecule has 6 heteroatoms. The van der Waals surface area contributed by atoms with Crippen LogP contribution < -0.4 is 9.47 Å². The van der Waals surface area contributed by atoms with Crippen molar-refractivity contribution >= 4 is 15.9 Å². The fourth-order valence-electron chi connectivity index (χ4n) is 1.92. The Bertz CT molecular complexity index is 442. The second-order valence-electron chi connectivity index (χ2n) is 5.15. The third kappa shape index (κ3) is 3.35. The monoisotopic (exact) mass is 338 g/mol. The zero-order valence-corrected chi connectivity index (χ0v) is 12.1. The summed E-state index contributed by atoms with van der Waals surface area (Å²) >= 11 is 3.56. The van der Waals surface area contributed by atoms with Crippen LogP contribution in [0.4, 0.5) is 13.2 Å². The highest BCUT2D eigenvalue weighted by Gasteiger charge is 2.48. The number of halogens is 4. The maximum Gasteiger partial charge on any atom is 0.573 e. The summed E-state index contributed by atoms with van der Waals surface area (Å²) in [4.78, 5) is 0.401. The Labute approximate surface area is 118 Å². The number of benzene rings is 1. The molecule has 2 nitrogen and oxygen atoms in total. The van der Waals surface area contributed by atoms with E-state index in [-0.39, 0.29) is 17.3 Å². The molecule has 0 aliphatic heterocycles. The highest BCUT2D eigenvalue weighted by molar-refractivity contribution is 9.09. The summed E-state index contributed by atoms with van der Waals surface area (Å²) in [5, 5.41) is 0. The van der Waals surface area contributed by atoms with Crippen molar-refractivity contribution < 1.29 is 22.6 Å². The molecule has 0 saturated heterocycles. The van der Waals surface area contributed by atoms with Gasteiger partial charge in [0.25, 0.3) is 0 Å². The lowest BCUT2D eigenvalue weighted by Gasteiger charge is -2.48. The van der Waals surface area contributed by atoms with Crippen LogP contribution in [-0.2, 0) is 0 Å².